The molecule has 0 amide bonds. The number of aliphatic hydroxyl groups excluding tert-OH is 2. The number of unbranched alkanes of at least 4 members (excludes halogenated alkanes) is 2. The van der Waals surface area contributed by atoms with Crippen LogP contribution in [0.4, 0.5) is 5.82 Å². The Morgan fingerprint density at radius 1 is 1.16 bits per heavy atom. The highest BCUT2D eigenvalue weighted by molar-refractivity contribution is 7.99. The minimum absolute atomic E-state index is 0.274. The minimum Gasteiger partial charge on any atom is -0.387 e. The Morgan fingerprint density at radius 2 is 2.00 bits per heavy atom. The van der Waals surface area contributed by atoms with E-state index in [4.69, 9.17) is 10.5 Å². The minimum atomic E-state index is -1.06. The number of aliphatic hydroxyl groups is 2. The van der Waals surface area contributed by atoms with Crippen molar-refractivity contribution in [3.63, 3.8) is 0 Å². The summed E-state index contributed by atoms with van der Waals surface area (Å²) in [4.78, 5) is 12.4. The van der Waals surface area contributed by atoms with Gasteiger partial charge in [-0.15, -0.1) is 0 Å². The van der Waals surface area contributed by atoms with Crippen LogP contribution in [0.1, 0.15) is 58.6 Å². The summed E-state index contributed by atoms with van der Waals surface area (Å²) in [5.41, 5.74) is 6.79. The van der Waals surface area contributed by atoms with Crippen LogP contribution in [0.3, 0.4) is 0 Å². The van der Waals surface area contributed by atoms with E-state index in [1.165, 1.54) is 38.3 Å². The van der Waals surface area contributed by atoms with Crippen LogP contribution in [-0.2, 0) is 4.74 Å². The number of nitrogen functional groups attached to an aromatic ring is 1. The molecule has 0 spiro atoms. The average Bonchev–Trinajstić information content (AvgIpc) is 3.32. The second kappa shape index (κ2) is 12.0. The predicted molar refractivity (Wildman–Crippen MR) is 124 cm³/mol. The van der Waals surface area contributed by atoms with Crippen molar-refractivity contribution in [2.45, 2.75) is 82.2 Å². The molecule has 1 aliphatic rings. The zero-order chi connectivity index (χ0) is 22.2. The second-order valence-corrected chi connectivity index (χ2v) is 9.43. The number of imidazole rings is 1. The summed E-state index contributed by atoms with van der Waals surface area (Å²) in [5.74, 6) is 0.908. The van der Waals surface area contributed by atoms with E-state index < -0.39 is 24.5 Å². The van der Waals surface area contributed by atoms with Gasteiger partial charge >= 0.3 is 0 Å². The fraction of sp³-hybridized carbons (Fsp3) is 0.762. The monoisotopic (exact) mass is 452 g/mol. The highest BCUT2D eigenvalue weighted by Crippen LogP contribution is 2.34. The lowest BCUT2D eigenvalue weighted by atomic mass is 10.1. The summed E-state index contributed by atoms with van der Waals surface area (Å²) in [6.45, 7) is 6.58. The van der Waals surface area contributed by atoms with Gasteiger partial charge in [0, 0.05) is 11.0 Å². The van der Waals surface area contributed by atoms with Gasteiger partial charge in [0.05, 0.1) is 12.4 Å². The van der Waals surface area contributed by atoms with E-state index in [2.05, 4.69) is 34.1 Å². The third-order valence-corrected chi connectivity index (χ3v) is 7.32. The topological polar surface area (TPSA) is 131 Å². The first-order valence-electron chi connectivity index (χ1n) is 11.3. The number of thioether (sulfide) groups is 1. The fourth-order valence-corrected chi connectivity index (χ4v) is 5.20. The van der Waals surface area contributed by atoms with Gasteiger partial charge in [-0.25, -0.2) is 15.0 Å². The van der Waals surface area contributed by atoms with Crippen molar-refractivity contribution < 1.29 is 14.9 Å². The quantitative estimate of drug-likeness (QED) is 0.337. The van der Waals surface area contributed by atoms with Gasteiger partial charge < -0.3 is 26.0 Å². The smallest absolute Gasteiger partial charge is 0.167 e. The Morgan fingerprint density at radius 3 is 2.77 bits per heavy atom. The van der Waals surface area contributed by atoms with E-state index in [0.717, 1.165) is 25.9 Å². The molecule has 5 unspecified atom stereocenters. The Labute approximate surface area is 188 Å². The number of nitrogens with zero attached hydrogens (tertiary/aromatic N) is 4. The Hall–Kier alpha value is -1.46. The normalized spacial score (nSPS) is 24.8. The molecule has 9 nitrogen and oxygen atoms in total. The van der Waals surface area contributed by atoms with Crippen molar-refractivity contribution in [1.82, 2.24) is 24.8 Å². The van der Waals surface area contributed by atoms with Crippen molar-refractivity contribution in [3.8, 4) is 0 Å². The number of nitrogens with one attached hydrogen (secondary N) is 1. The van der Waals surface area contributed by atoms with Crippen molar-refractivity contribution in [1.29, 1.82) is 0 Å². The van der Waals surface area contributed by atoms with Crippen LogP contribution in [0.2, 0.25) is 0 Å². The second-order valence-electron chi connectivity index (χ2n) is 8.09. The number of rotatable bonds is 13. The van der Waals surface area contributed by atoms with E-state index in [1.807, 2.05) is 11.8 Å². The van der Waals surface area contributed by atoms with Crippen LogP contribution in [0, 0.1) is 0 Å². The first-order chi connectivity index (χ1) is 15.1. The summed E-state index contributed by atoms with van der Waals surface area (Å²) in [6.07, 6.45) is 6.72. The van der Waals surface area contributed by atoms with E-state index in [1.54, 1.807) is 4.57 Å². The van der Waals surface area contributed by atoms with Crippen molar-refractivity contribution in [3.05, 3.63) is 12.7 Å². The molecule has 10 heteroatoms. The Balaban J connectivity index is 1.49. The van der Waals surface area contributed by atoms with Crippen LogP contribution < -0.4 is 11.1 Å². The van der Waals surface area contributed by atoms with Gasteiger partial charge in [0.2, 0.25) is 0 Å². The van der Waals surface area contributed by atoms with Crippen LogP contribution in [0.25, 0.3) is 11.2 Å². The summed E-state index contributed by atoms with van der Waals surface area (Å²) >= 11 is 1.82. The number of ether oxygens (including phenoxy) is 1. The molecule has 2 aromatic heterocycles. The molecule has 31 heavy (non-hydrogen) atoms. The van der Waals surface area contributed by atoms with E-state index in [0.29, 0.717) is 22.2 Å². The van der Waals surface area contributed by atoms with Gasteiger partial charge in [0.25, 0.3) is 0 Å². The molecule has 0 aromatic carbocycles. The number of hydrogen-bond acceptors (Lipinski definition) is 9. The van der Waals surface area contributed by atoms with Gasteiger partial charge in [-0.05, 0) is 38.8 Å². The molecular weight excluding hydrogens is 416 g/mol. The molecule has 5 atom stereocenters. The lowest BCUT2D eigenvalue weighted by molar-refractivity contribution is -0.0289. The van der Waals surface area contributed by atoms with Gasteiger partial charge in [0.1, 0.15) is 24.1 Å². The zero-order valence-corrected chi connectivity index (χ0v) is 19.3. The molecule has 3 rings (SSSR count). The third-order valence-electron chi connectivity index (χ3n) is 5.76. The molecule has 1 aliphatic heterocycles. The maximum atomic E-state index is 10.6. The van der Waals surface area contributed by atoms with Crippen molar-refractivity contribution >= 4 is 28.7 Å². The first-order valence-corrected chi connectivity index (χ1v) is 12.4. The lowest BCUT2D eigenvalue weighted by Crippen LogP contribution is -2.33. The SMILES string of the molecule is CCCNCCCCCC(CC)SCC1OC(n2cnc3c(N)ncnc32)C(O)C1O. The van der Waals surface area contributed by atoms with Gasteiger partial charge in [-0.3, -0.25) is 4.57 Å². The van der Waals surface area contributed by atoms with Gasteiger partial charge in [-0.2, -0.15) is 11.8 Å². The average molecular weight is 453 g/mol. The maximum Gasteiger partial charge on any atom is 0.167 e. The Kier molecular flexibility index (Phi) is 9.33. The van der Waals surface area contributed by atoms with Crippen molar-refractivity contribution in [2.75, 3.05) is 24.6 Å². The summed E-state index contributed by atoms with van der Waals surface area (Å²) < 4.78 is 7.67. The van der Waals surface area contributed by atoms with Crippen LogP contribution in [0.5, 0.6) is 0 Å². The van der Waals surface area contributed by atoms with Gasteiger partial charge in [-0.1, -0.05) is 26.7 Å². The molecule has 174 valence electrons. The predicted octanol–water partition coefficient (Wildman–Crippen LogP) is 2.10. The maximum absolute atomic E-state index is 10.6. The zero-order valence-electron chi connectivity index (χ0n) is 18.5. The Bertz CT molecular complexity index is 807. The van der Waals surface area contributed by atoms with E-state index in [-0.39, 0.29) is 5.82 Å². The highest BCUT2D eigenvalue weighted by Gasteiger charge is 2.44. The number of anilines is 1. The first kappa shape index (κ1) is 24.2. The fourth-order valence-electron chi connectivity index (χ4n) is 3.89. The summed E-state index contributed by atoms with van der Waals surface area (Å²) in [5, 5.41) is 25.1. The molecule has 0 bridgehead atoms. The molecule has 0 saturated carbocycles. The summed E-state index contributed by atoms with van der Waals surface area (Å²) in [7, 11) is 0. The molecule has 2 aromatic rings. The lowest BCUT2D eigenvalue weighted by Gasteiger charge is -2.19. The van der Waals surface area contributed by atoms with Crippen LogP contribution in [-0.4, -0.2) is 72.1 Å². The van der Waals surface area contributed by atoms with Crippen LogP contribution >= 0.6 is 11.8 Å². The molecular formula is C21H36N6O3S. The molecule has 5 N–H and O–H groups in total. The van der Waals surface area contributed by atoms with Crippen molar-refractivity contribution in [2.24, 2.45) is 0 Å². The number of hydrogen-bond donors (Lipinski definition) is 4. The number of aromatic nitrogens is 4. The molecule has 0 aliphatic carbocycles. The third kappa shape index (κ3) is 6.07. The van der Waals surface area contributed by atoms with Crippen LogP contribution in [0.15, 0.2) is 12.7 Å². The van der Waals surface area contributed by atoms with Gasteiger partial charge in [0.15, 0.2) is 17.7 Å². The van der Waals surface area contributed by atoms with E-state index in [9.17, 15) is 10.2 Å². The largest absolute Gasteiger partial charge is 0.387 e. The standard InChI is InChI=1S/C21H36N6O3S/c1-3-9-23-10-7-5-6-8-14(4-2)31-11-15-17(28)18(29)21(30-15)27-13-26-16-19(22)24-12-25-20(16)27/h12-15,17-18,21,23,28-29H,3-11H2,1-2H3,(H2,22,24,25). The molecule has 3 heterocycles. The molecule has 1 fully saturated rings. The summed E-state index contributed by atoms with van der Waals surface area (Å²) in [6, 6.07) is 0. The number of fused-ring (bicyclic) bond motifs is 1. The molecule has 0 radical (unpaired) electrons. The number of nitrogens with two attached hydrogens (primary N) is 1. The highest BCUT2D eigenvalue weighted by atomic mass is 32.2. The van der Waals surface area contributed by atoms with E-state index >= 15 is 0 Å². The molecule has 1 saturated heterocycles.